The fourth-order valence-corrected chi connectivity index (χ4v) is 4.36. The van der Waals surface area contributed by atoms with Gasteiger partial charge in [-0.1, -0.05) is 6.07 Å². The maximum Gasteiger partial charge on any atom is 0.139 e. The lowest BCUT2D eigenvalue weighted by Gasteiger charge is -2.36. The van der Waals surface area contributed by atoms with Gasteiger partial charge >= 0.3 is 0 Å². The number of aromatic nitrogens is 2. The van der Waals surface area contributed by atoms with Gasteiger partial charge in [-0.15, -0.1) is 0 Å². The van der Waals surface area contributed by atoms with Crippen LogP contribution < -0.4 is 10.1 Å². The van der Waals surface area contributed by atoms with Crippen LogP contribution in [-0.4, -0.2) is 35.4 Å². The lowest BCUT2D eigenvalue weighted by atomic mass is 9.87. The van der Waals surface area contributed by atoms with Crippen LogP contribution in [0.3, 0.4) is 0 Å². The number of ether oxygens (including phenoxy) is 2. The second kappa shape index (κ2) is 7.80. The zero-order valence-electron chi connectivity index (χ0n) is 15.8. The fraction of sp³-hybridized carbons (Fsp3) is 0.571. The molecule has 0 amide bonds. The predicted molar refractivity (Wildman–Crippen MR) is 102 cm³/mol. The van der Waals surface area contributed by atoms with Crippen LogP contribution in [0, 0.1) is 0 Å². The zero-order valence-corrected chi connectivity index (χ0v) is 15.8. The third-order valence-electron chi connectivity index (χ3n) is 5.76. The van der Waals surface area contributed by atoms with Gasteiger partial charge in [0.1, 0.15) is 17.7 Å². The summed E-state index contributed by atoms with van der Waals surface area (Å²) in [7, 11) is 1.74. The molecule has 0 bridgehead atoms. The summed E-state index contributed by atoms with van der Waals surface area (Å²) < 4.78 is 13.8. The largest absolute Gasteiger partial charge is 0.497 e. The number of rotatable bonds is 5. The normalized spacial score (nSPS) is 25.7. The first-order valence-electron chi connectivity index (χ1n) is 9.83. The first-order chi connectivity index (χ1) is 12.8. The lowest BCUT2D eigenvalue weighted by molar-refractivity contribution is -0.0212. The number of aryl methyl sites for hydroxylation is 2. The Hall–Kier alpha value is -1.85. The average molecular weight is 355 g/mol. The van der Waals surface area contributed by atoms with Crippen molar-refractivity contribution in [3.05, 3.63) is 47.5 Å². The highest BCUT2D eigenvalue weighted by molar-refractivity contribution is 5.38. The van der Waals surface area contributed by atoms with Gasteiger partial charge in [0, 0.05) is 37.6 Å². The number of hydrogen-bond acceptors (Lipinski definition) is 4. The van der Waals surface area contributed by atoms with E-state index < -0.39 is 0 Å². The van der Waals surface area contributed by atoms with Gasteiger partial charge in [0.15, 0.2) is 0 Å². The van der Waals surface area contributed by atoms with Crippen molar-refractivity contribution in [3.8, 4) is 5.75 Å². The van der Waals surface area contributed by atoms with E-state index in [2.05, 4.69) is 40.0 Å². The topological polar surface area (TPSA) is 48.3 Å². The maximum absolute atomic E-state index is 6.16. The van der Waals surface area contributed by atoms with Crippen LogP contribution >= 0.6 is 0 Å². The summed E-state index contributed by atoms with van der Waals surface area (Å²) in [5.74, 6) is 2.01. The van der Waals surface area contributed by atoms with Gasteiger partial charge in [-0.05, 0) is 62.3 Å². The molecule has 1 saturated heterocycles. The minimum absolute atomic E-state index is 0.0467. The summed E-state index contributed by atoms with van der Waals surface area (Å²) in [6, 6.07) is 7.29. The first-order valence-corrected chi connectivity index (χ1v) is 9.83. The molecule has 26 heavy (non-hydrogen) atoms. The average Bonchev–Trinajstić information content (AvgIpc) is 3.16. The summed E-state index contributed by atoms with van der Waals surface area (Å²) in [4.78, 5) is 4.59. The van der Waals surface area contributed by atoms with Gasteiger partial charge in [-0.3, -0.25) is 0 Å². The molecule has 4 rings (SSSR count). The Morgan fingerprint density at radius 1 is 1.31 bits per heavy atom. The van der Waals surface area contributed by atoms with E-state index in [1.54, 1.807) is 7.11 Å². The zero-order chi connectivity index (χ0) is 17.9. The van der Waals surface area contributed by atoms with Crippen molar-refractivity contribution in [2.24, 2.45) is 0 Å². The summed E-state index contributed by atoms with van der Waals surface area (Å²) in [6.45, 7) is 3.91. The lowest BCUT2D eigenvalue weighted by Crippen LogP contribution is -2.47. The van der Waals surface area contributed by atoms with E-state index in [1.807, 2.05) is 12.4 Å². The Morgan fingerprint density at radius 2 is 2.23 bits per heavy atom. The molecule has 5 nitrogen and oxygen atoms in total. The van der Waals surface area contributed by atoms with Crippen molar-refractivity contribution in [3.63, 3.8) is 0 Å². The number of imidazole rings is 1. The molecule has 1 aliphatic heterocycles. The van der Waals surface area contributed by atoms with Crippen LogP contribution in [-0.2, 0) is 24.1 Å². The molecule has 0 unspecified atom stereocenters. The number of methoxy groups -OCH3 is 1. The fourth-order valence-electron chi connectivity index (χ4n) is 4.36. The molecule has 0 spiro atoms. The Labute approximate surface area is 155 Å². The van der Waals surface area contributed by atoms with Gasteiger partial charge in [0.05, 0.1) is 7.11 Å². The number of benzene rings is 1. The Kier molecular flexibility index (Phi) is 5.27. The predicted octanol–water partition coefficient (Wildman–Crippen LogP) is 3.28. The van der Waals surface area contributed by atoms with Crippen LogP contribution in [0.25, 0.3) is 0 Å². The molecule has 0 saturated carbocycles. The van der Waals surface area contributed by atoms with Gasteiger partial charge in [0.25, 0.3) is 0 Å². The third kappa shape index (κ3) is 3.51. The SMILES string of the molecule is CCn1ccnc1[C@H]1OCCC[C@@H]1N[C@@H]1CCc2ccc(OC)cc2C1. The van der Waals surface area contributed by atoms with Gasteiger partial charge in [-0.2, -0.15) is 0 Å². The van der Waals surface area contributed by atoms with Crippen molar-refractivity contribution in [1.82, 2.24) is 14.9 Å². The summed E-state index contributed by atoms with van der Waals surface area (Å²) in [5, 5.41) is 3.91. The van der Waals surface area contributed by atoms with E-state index in [1.165, 1.54) is 17.5 Å². The second-order valence-corrected chi connectivity index (χ2v) is 7.35. The molecule has 1 fully saturated rings. The first kappa shape index (κ1) is 17.6. The van der Waals surface area contributed by atoms with Crippen LogP contribution in [0.15, 0.2) is 30.6 Å². The molecule has 1 aliphatic carbocycles. The molecule has 140 valence electrons. The number of hydrogen-bond donors (Lipinski definition) is 1. The molecule has 5 heteroatoms. The molecule has 2 aromatic rings. The van der Waals surface area contributed by atoms with E-state index in [9.17, 15) is 0 Å². The Bertz CT molecular complexity index is 743. The van der Waals surface area contributed by atoms with E-state index in [0.29, 0.717) is 12.1 Å². The van der Waals surface area contributed by atoms with Gasteiger partial charge in [-0.25, -0.2) is 4.98 Å². The molecule has 1 aromatic heterocycles. The minimum Gasteiger partial charge on any atom is -0.497 e. The van der Waals surface area contributed by atoms with E-state index in [0.717, 1.165) is 50.4 Å². The molecule has 2 heterocycles. The molecule has 2 aliphatic rings. The van der Waals surface area contributed by atoms with Crippen molar-refractivity contribution in [2.45, 2.75) is 63.8 Å². The highest BCUT2D eigenvalue weighted by atomic mass is 16.5. The molecular weight excluding hydrogens is 326 g/mol. The highest BCUT2D eigenvalue weighted by Gasteiger charge is 2.32. The Balaban J connectivity index is 1.48. The number of nitrogens with zero attached hydrogens (tertiary/aromatic N) is 2. The summed E-state index contributed by atoms with van der Waals surface area (Å²) in [6.07, 6.45) is 9.58. The van der Waals surface area contributed by atoms with Crippen LogP contribution in [0.1, 0.15) is 49.2 Å². The molecule has 1 N–H and O–H groups in total. The van der Waals surface area contributed by atoms with Crippen molar-refractivity contribution in [2.75, 3.05) is 13.7 Å². The van der Waals surface area contributed by atoms with Gasteiger partial charge in [0.2, 0.25) is 0 Å². The second-order valence-electron chi connectivity index (χ2n) is 7.35. The smallest absolute Gasteiger partial charge is 0.139 e. The molecule has 3 atom stereocenters. The third-order valence-corrected chi connectivity index (χ3v) is 5.76. The quantitative estimate of drug-likeness (QED) is 0.894. The standard InChI is InChI=1S/C21H29N3O2/c1-3-24-11-10-22-21(24)20-19(5-4-12-26-20)23-17-8-6-15-7-9-18(25-2)14-16(15)13-17/h7,9-11,14,17,19-20,23H,3-6,8,12-13H2,1-2H3/t17-,19+,20+/m1/s1. The van der Waals surface area contributed by atoms with Crippen molar-refractivity contribution in [1.29, 1.82) is 0 Å². The molecule has 0 radical (unpaired) electrons. The van der Waals surface area contributed by atoms with Crippen molar-refractivity contribution < 1.29 is 9.47 Å². The summed E-state index contributed by atoms with van der Waals surface area (Å²) in [5.41, 5.74) is 2.87. The van der Waals surface area contributed by atoms with Gasteiger partial charge < -0.3 is 19.4 Å². The van der Waals surface area contributed by atoms with Crippen molar-refractivity contribution >= 4 is 0 Å². The van der Waals surface area contributed by atoms with Crippen LogP contribution in [0.4, 0.5) is 0 Å². The Morgan fingerprint density at radius 3 is 3.08 bits per heavy atom. The van der Waals surface area contributed by atoms with E-state index in [-0.39, 0.29) is 6.10 Å². The summed E-state index contributed by atoms with van der Waals surface area (Å²) >= 11 is 0. The maximum atomic E-state index is 6.16. The number of fused-ring (bicyclic) bond motifs is 1. The monoisotopic (exact) mass is 355 g/mol. The molecular formula is C21H29N3O2. The van der Waals surface area contributed by atoms with E-state index in [4.69, 9.17) is 9.47 Å². The van der Waals surface area contributed by atoms with E-state index >= 15 is 0 Å². The molecule has 1 aromatic carbocycles. The van der Waals surface area contributed by atoms with Crippen LogP contribution in [0.2, 0.25) is 0 Å². The minimum atomic E-state index is 0.0467. The van der Waals surface area contributed by atoms with Crippen LogP contribution in [0.5, 0.6) is 5.75 Å². The number of nitrogens with one attached hydrogen (secondary N) is 1. The highest BCUT2D eigenvalue weighted by Crippen LogP contribution is 2.30.